The fraction of sp³-hybridized carbons (Fsp3) is 0.538. The summed E-state index contributed by atoms with van der Waals surface area (Å²) in [7, 11) is 1.67. The van der Waals surface area contributed by atoms with Gasteiger partial charge in [-0.15, -0.1) is 0 Å². The average molecular weight is 278 g/mol. The Morgan fingerprint density at radius 2 is 2.20 bits per heavy atom. The summed E-state index contributed by atoms with van der Waals surface area (Å²) in [5.74, 6) is 1.51. The maximum atomic E-state index is 12.3. The molecular weight excluding hydrogens is 260 g/mol. The van der Waals surface area contributed by atoms with Crippen LogP contribution in [-0.2, 0) is 13.0 Å². The summed E-state index contributed by atoms with van der Waals surface area (Å²) in [6.45, 7) is 6.09. The molecule has 0 spiro atoms. The Balaban J connectivity index is 2.10. The molecule has 0 saturated carbocycles. The Hall–Kier alpha value is -2.18. The maximum Gasteiger partial charge on any atom is 0.276 e. The van der Waals surface area contributed by atoms with Gasteiger partial charge < -0.3 is 13.8 Å². The molecule has 1 amide bonds. The second-order valence-corrected chi connectivity index (χ2v) is 4.84. The first-order valence-corrected chi connectivity index (χ1v) is 6.53. The predicted molar refractivity (Wildman–Crippen MR) is 70.1 cm³/mol. The zero-order valence-corrected chi connectivity index (χ0v) is 12.1. The van der Waals surface area contributed by atoms with E-state index >= 15 is 0 Å². The second kappa shape index (κ2) is 5.85. The average Bonchev–Trinajstić information content (AvgIpc) is 3.06. The number of amides is 1. The summed E-state index contributed by atoms with van der Waals surface area (Å²) in [5.41, 5.74) is 0.335. The normalized spacial score (nSPS) is 11.1. The van der Waals surface area contributed by atoms with E-state index in [9.17, 15) is 4.79 Å². The summed E-state index contributed by atoms with van der Waals surface area (Å²) >= 11 is 0. The van der Waals surface area contributed by atoms with E-state index in [1.165, 1.54) is 11.3 Å². The van der Waals surface area contributed by atoms with Gasteiger partial charge in [0.15, 0.2) is 17.9 Å². The van der Waals surface area contributed by atoms with E-state index in [1.54, 1.807) is 7.05 Å². The van der Waals surface area contributed by atoms with Gasteiger partial charge in [0.25, 0.3) is 5.91 Å². The molecule has 0 aromatic carbocycles. The monoisotopic (exact) mass is 278 g/mol. The van der Waals surface area contributed by atoms with Gasteiger partial charge in [0.1, 0.15) is 5.76 Å². The van der Waals surface area contributed by atoms with E-state index in [4.69, 9.17) is 8.94 Å². The zero-order chi connectivity index (χ0) is 14.7. The molecule has 7 nitrogen and oxygen atoms in total. The Morgan fingerprint density at radius 3 is 2.80 bits per heavy atom. The number of oxazole rings is 1. The van der Waals surface area contributed by atoms with Gasteiger partial charge >= 0.3 is 0 Å². The predicted octanol–water partition coefficient (Wildman–Crippen LogP) is 2.02. The van der Waals surface area contributed by atoms with E-state index in [1.807, 2.05) is 20.8 Å². The molecule has 0 aliphatic carbocycles. The molecule has 0 aliphatic rings. The van der Waals surface area contributed by atoms with Crippen molar-refractivity contribution in [1.29, 1.82) is 0 Å². The van der Waals surface area contributed by atoms with Crippen molar-refractivity contribution < 1.29 is 13.7 Å². The summed E-state index contributed by atoms with van der Waals surface area (Å²) < 4.78 is 10.3. The molecule has 20 heavy (non-hydrogen) atoms. The van der Waals surface area contributed by atoms with Crippen molar-refractivity contribution in [3.63, 3.8) is 0 Å². The molecule has 0 aliphatic heterocycles. The van der Waals surface area contributed by atoms with Crippen LogP contribution in [0.1, 0.15) is 54.7 Å². The number of hydrogen-bond acceptors (Lipinski definition) is 6. The Kier molecular flexibility index (Phi) is 4.16. The Labute approximate surface area is 117 Å². The summed E-state index contributed by atoms with van der Waals surface area (Å²) in [6.07, 6.45) is 1.96. The van der Waals surface area contributed by atoms with E-state index in [0.717, 1.165) is 0 Å². The molecule has 2 aromatic rings. The van der Waals surface area contributed by atoms with Crippen LogP contribution in [0.15, 0.2) is 15.3 Å². The maximum absolute atomic E-state index is 12.3. The highest BCUT2D eigenvalue weighted by Gasteiger charge is 2.23. The Morgan fingerprint density at radius 1 is 1.45 bits per heavy atom. The summed E-state index contributed by atoms with van der Waals surface area (Å²) in [5, 5.41) is 3.82. The van der Waals surface area contributed by atoms with Gasteiger partial charge in [-0.25, -0.2) is 4.98 Å². The first-order chi connectivity index (χ1) is 9.52. The second-order valence-electron chi connectivity index (χ2n) is 4.84. The minimum atomic E-state index is -0.217. The van der Waals surface area contributed by atoms with Crippen molar-refractivity contribution in [2.24, 2.45) is 0 Å². The quantitative estimate of drug-likeness (QED) is 0.831. The number of aromatic nitrogens is 3. The fourth-order valence-electron chi connectivity index (χ4n) is 1.79. The zero-order valence-electron chi connectivity index (χ0n) is 12.1. The van der Waals surface area contributed by atoms with Gasteiger partial charge in [-0.3, -0.25) is 4.79 Å². The molecule has 7 heteroatoms. The number of rotatable bonds is 5. The highest BCUT2D eigenvalue weighted by atomic mass is 16.5. The summed E-state index contributed by atoms with van der Waals surface area (Å²) in [4.78, 5) is 22.0. The first kappa shape index (κ1) is 14.2. The van der Waals surface area contributed by atoms with Crippen LogP contribution in [0.4, 0.5) is 0 Å². The topological polar surface area (TPSA) is 85.3 Å². The molecule has 0 fully saturated rings. The van der Waals surface area contributed by atoms with Gasteiger partial charge in [-0.1, -0.05) is 25.9 Å². The van der Waals surface area contributed by atoms with Gasteiger partial charge in [-0.05, 0) is 0 Å². The third kappa shape index (κ3) is 2.87. The van der Waals surface area contributed by atoms with Crippen molar-refractivity contribution in [3.8, 4) is 0 Å². The number of carbonyl (C=O) groups is 1. The van der Waals surface area contributed by atoms with E-state index < -0.39 is 0 Å². The molecule has 0 N–H and O–H groups in total. The molecule has 2 heterocycles. The lowest BCUT2D eigenvalue weighted by molar-refractivity contribution is 0.0772. The van der Waals surface area contributed by atoms with E-state index in [0.29, 0.717) is 29.6 Å². The SMILES string of the molecule is CCc1nc(CN(C)C(=O)c2ncoc2C(C)C)no1. The van der Waals surface area contributed by atoms with Crippen LogP contribution in [0.2, 0.25) is 0 Å². The molecule has 0 unspecified atom stereocenters. The van der Waals surface area contributed by atoms with Crippen LogP contribution >= 0.6 is 0 Å². The third-order valence-corrected chi connectivity index (χ3v) is 2.86. The van der Waals surface area contributed by atoms with E-state index in [-0.39, 0.29) is 18.4 Å². The van der Waals surface area contributed by atoms with Gasteiger partial charge in [-0.2, -0.15) is 4.98 Å². The van der Waals surface area contributed by atoms with Crippen LogP contribution in [0, 0.1) is 0 Å². The summed E-state index contributed by atoms with van der Waals surface area (Å²) in [6, 6.07) is 0. The fourth-order valence-corrected chi connectivity index (χ4v) is 1.79. The molecule has 0 bridgehead atoms. The van der Waals surface area contributed by atoms with Crippen LogP contribution in [-0.4, -0.2) is 33.0 Å². The van der Waals surface area contributed by atoms with Crippen molar-refractivity contribution in [2.45, 2.75) is 39.7 Å². The lowest BCUT2D eigenvalue weighted by Crippen LogP contribution is -2.28. The number of hydrogen-bond donors (Lipinski definition) is 0. The number of aryl methyl sites for hydroxylation is 1. The minimum Gasteiger partial charge on any atom is -0.447 e. The van der Waals surface area contributed by atoms with Crippen LogP contribution in [0.5, 0.6) is 0 Å². The number of nitrogens with zero attached hydrogens (tertiary/aromatic N) is 4. The van der Waals surface area contributed by atoms with E-state index in [2.05, 4.69) is 15.1 Å². The van der Waals surface area contributed by atoms with Crippen molar-refractivity contribution in [2.75, 3.05) is 7.05 Å². The minimum absolute atomic E-state index is 0.0988. The lowest BCUT2D eigenvalue weighted by atomic mass is 10.1. The van der Waals surface area contributed by atoms with Crippen molar-refractivity contribution in [3.05, 3.63) is 29.6 Å². The largest absolute Gasteiger partial charge is 0.447 e. The third-order valence-electron chi connectivity index (χ3n) is 2.86. The number of carbonyl (C=O) groups excluding carboxylic acids is 1. The highest BCUT2D eigenvalue weighted by Crippen LogP contribution is 2.19. The molecule has 0 atom stereocenters. The van der Waals surface area contributed by atoms with Crippen LogP contribution < -0.4 is 0 Å². The highest BCUT2D eigenvalue weighted by molar-refractivity contribution is 5.93. The Bertz CT molecular complexity index is 588. The van der Waals surface area contributed by atoms with Crippen molar-refractivity contribution in [1.82, 2.24) is 20.0 Å². The molecule has 0 saturated heterocycles. The lowest BCUT2D eigenvalue weighted by Gasteiger charge is -2.14. The molecule has 2 rings (SSSR count). The molecule has 2 aromatic heterocycles. The van der Waals surface area contributed by atoms with Crippen molar-refractivity contribution >= 4 is 5.91 Å². The first-order valence-electron chi connectivity index (χ1n) is 6.53. The van der Waals surface area contributed by atoms with Crippen LogP contribution in [0.3, 0.4) is 0 Å². The van der Waals surface area contributed by atoms with Gasteiger partial charge in [0.2, 0.25) is 5.89 Å². The standard InChI is InChI=1S/C13H18N4O3/c1-5-10-15-9(16-20-10)6-17(4)13(18)11-12(8(2)3)19-7-14-11/h7-8H,5-6H2,1-4H3. The molecule has 108 valence electrons. The molecule has 0 radical (unpaired) electrons. The van der Waals surface area contributed by atoms with Gasteiger partial charge in [0, 0.05) is 19.4 Å². The molecular formula is C13H18N4O3. The van der Waals surface area contributed by atoms with Gasteiger partial charge in [0.05, 0.1) is 6.54 Å². The van der Waals surface area contributed by atoms with Crippen LogP contribution in [0.25, 0.3) is 0 Å². The smallest absolute Gasteiger partial charge is 0.276 e.